The normalized spacial score (nSPS) is 23.0. The Hall–Kier alpha value is -0.660. The molecule has 0 N–H and O–H groups in total. The van der Waals surface area contributed by atoms with Crippen LogP contribution in [0.2, 0.25) is 0 Å². The van der Waals surface area contributed by atoms with Gasteiger partial charge in [-0.05, 0) is 25.7 Å². The number of nitrogens with zero attached hydrogens (tertiary/aromatic N) is 3. The molecule has 0 spiro atoms. The smallest absolute Gasteiger partial charge is 0.282 e. The molecule has 2 rings (SSSR count). The van der Waals surface area contributed by atoms with Crippen LogP contribution in [0.4, 0.5) is 0 Å². The lowest BCUT2D eigenvalue weighted by molar-refractivity contribution is -0.135. The lowest BCUT2D eigenvalue weighted by Crippen LogP contribution is -2.44. The van der Waals surface area contributed by atoms with Gasteiger partial charge in [-0.15, -0.1) is 0 Å². The highest BCUT2D eigenvalue weighted by molar-refractivity contribution is 7.86. The molecule has 1 atom stereocenters. The number of hydrogen-bond donors (Lipinski definition) is 0. The standard InChI is InChI=1S/C16H31N3O3S/c1-3-4-8-15(2)16(20)17-9-7-12-19(14-13-17)23(21,22)18-10-5-6-11-18/h15H,3-14H2,1-2H3. The van der Waals surface area contributed by atoms with Crippen LogP contribution in [0.5, 0.6) is 0 Å². The summed E-state index contributed by atoms with van der Waals surface area (Å²) in [5, 5.41) is 0. The third kappa shape index (κ3) is 4.67. The van der Waals surface area contributed by atoms with Crippen LogP contribution in [-0.4, -0.2) is 67.1 Å². The number of carbonyl (C=O) groups excluding carboxylic acids is 1. The van der Waals surface area contributed by atoms with Crippen molar-refractivity contribution < 1.29 is 13.2 Å². The van der Waals surface area contributed by atoms with Crippen molar-refractivity contribution in [3.05, 3.63) is 0 Å². The molecule has 2 saturated heterocycles. The molecular weight excluding hydrogens is 314 g/mol. The Kier molecular flexibility index (Phi) is 6.85. The van der Waals surface area contributed by atoms with Crippen molar-refractivity contribution in [2.24, 2.45) is 5.92 Å². The molecule has 0 bridgehead atoms. The lowest BCUT2D eigenvalue weighted by atomic mass is 10.0. The molecule has 7 heteroatoms. The summed E-state index contributed by atoms with van der Waals surface area (Å²) in [4.78, 5) is 14.4. The van der Waals surface area contributed by atoms with Crippen LogP contribution >= 0.6 is 0 Å². The molecule has 0 aliphatic carbocycles. The topological polar surface area (TPSA) is 60.9 Å². The zero-order valence-corrected chi connectivity index (χ0v) is 15.4. The zero-order valence-electron chi connectivity index (χ0n) is 14.5. The molecule has 6 nitrogen and oxygen atoms in total. The van der Waals surface area contributed by atoms with Gasteiger partial charge in [0.2, 0.25) is 5.91 Å². The first kappa shape index (κ1) is 18.7. The number of carbonyl (C=O) groups is 1. The SMILES string of the molecule is CCCCC(C)C(=O)N1CCCN(S(=O)(=O)N2CCCC2)CC1. The number of rotatable bonds is 6. The van der Waals surface area contributed by atoms with Crippen molar-refractivity contribution >= 4 is 16.1 Å². The minimum Gasteiger partial charge on any atom is -0.341 e. The van der Waals surface area contributed by atoms with Gasteiger partial charge >= 0.3 is 0 Å². The van der Waals surface area contributed by atoms with Gasteiger partial charge in [0.05, 0.1) is 0 Å². The Morgan fingerprint density at radius 2 is 1.57 bits per heavy atom. The van der Waals surface area contributed by atoms with Gasteiger partial charge in [-0.25, -0.2) is 0 Å². The van der Waals surface area contributed by atoms with Gasteiger partial charge < -0.3 is 4.90 Å². The van der Waals surface area contributed by atoms with Gasteiger partial charge in [-0.1, -0.05) is 26.7 Å². The van der Waals surface area contributed by atoms with Crippen molar-refractivity contribution in [3.8, 4) is 0 Å². The highest BCUT2D eigenvalue weighted by Crippen LogP contribution is 2.19. The maximum absolute atomic E-state index is 12.6. The van der Waals surface area contributed by atoms with Crippen molar-refractivity contribution in [1.29, 1.82) is 0 Å². The third-order valence-electron chi connectivity index (χ3n) is 4.90. The summed E-state index contributed by atoms with van der Waals surface area (Å²) in [6, 6.07) is 0. The monoisotopic (exact) mass is 345 g/mol. The molecule has 2 heterocycles. The number of amides is 1. The number of unbranched alkanes of at least 4 members (excludes halogenated alkanes) is 1. The molecule has 134 valence electrons. The highest BCUT2D eigenvalue weighted by atomic mass is 32.2. The third-order valence-corrected chi connectivity index (χ3v) is 6.93. The molecule has 2 aliphatic heterocycles. The van der Waals surface area contributed by atoms with E-state index in [2.05, 4.69) is 6.92 Å². The van der Waals surface area contributed by atoms with Crippen LogP contribution in [0.15, 0.2) is 0 Å². The van der Waals surface area contributed by atoms with E-state index in [9.17, 15) is 13.2 Å². The second-order valence-corrected chi connectivity index (χ2v) is 8.66. The molecule has 2 fully saturated rings. The molecule has 0 saturated carbocycles. The fraction of sp³-hybridized carbons (Fsp3) is 0.938. The van der Waals surface area contributed by atoms with Gasteiger partial charge in [-0.2, -0.15) is 17.0 Å². The summed E-state index contributed by atoms with van der Waals surface area (Å²) in [6.07, 6.45) is 5.70. The van der Waals surface area contributed by atoms with E-state index in [0.29, 0.717) is 39.3 Å². The average Bonchev–Trinajstić information content (AvgIpc) is 2.97. The summed E-state index contributed by atoms with van der Waals surface area (Å²) >= 11 is 0. The first-order valence-electron chi connectivity index (χ1n) is 9.00. The minimum absolute atomic E-state index is 0.0386. The lowest BCUT2D eigenvalue weighted by Gasteiger charge is -2.27. The summed E-state index contributed by atoms with van der Waals surface area (Å²) < 4.78 is 28.4. The summed E-state index contributed by atoms with van der Waals surface area (Å²) in [6.45, 7) is 7.51. The van der Waals surface area contributed by atoms with Crippen molar-refractivity contribution in [2.45, 2.75) is 52.4 Å². The molecule has 23 heavy (non-hydrogen) atoms. The summed E-state index contributed by atoms with van der Waals surface area (Å²) in [5.74, 6) is 0.218. The number of hydrogen-bond acceptors (Lipinski definition) is 3. The van der Waals surface area contributed by atoms with Crippen LogP contribution in [0.3, 0.4) is 0 Å². The van der Waals surface area contributed by atoms with Gasteiger partial charge in [0, 0.05) is 45.2 Å². The van der Waals surface area contributed by atoms with Crippen LogP contribution in [-0.2, 0) is 15.0 Å². The van der Waals surface area contributed by atoms with E-state index in [1.807, 2.05) is 11.8 Å². The van der Waals surface area contributed by atoms with E-state index in [1.54, 1.807) is 8.61 Å². The molecule has 0 aromatic rings. The molecule has 1 unspecified atom stereocenters. The Balaban J connectivity index is 1.92. The van der Waals surface area contributed by atoms with E-state index in [0.717, 1.165) is 38.5 Å². The van der Waals surface area contributed by atoms with E-state index in [-0.39, 0.29) is 11.8 Å². The van der Waals surface area contributed by atoms with Crippen molar-refractivity contribution in [1.82, 2.24) is 13.5 Å². The first-order valence-corrected chi connectivity index (χ1v) is 10.4. The fourth-order valence-corrected chi connectivity index (χ4v) is 5.09. The molecular formula is C16H31N3O3S. The predicted octanol–water partition coefficient (Wildman–Crippen LogP) is 1.69. The van der Waals surface area contributed by atoms with Gasteiger partial charge in [0.25, 0.3) is 10.2 Å². The predicted molar refractivity (Wildman–Crippen MR) is 91.2 cm³/mol. The maximum atomic E-state index is 12.6. The molecule has 0 radical (unpaired) electrons. The Morgan fingerprint density at radius 1 is 0.957 bits per heavy atom. The second-order valence-electron chi connectivity index (χ2n) is 6.74. The zero-order chi connectivity index (χ0) is 16.9. The van der Waals surface area contributed by atoms with Gasteiger partial charge in [-0.3, -0.25) is 4.79 Å². The average molecular weight is 346 g/mol. The van der Waals surface area contributed by atoms with Gasteiger partial charge in [0.15, 0.2) is 0 Å². The van der Waals surface area contributed by atoms with E-state index < -0.39 is 10.2 Å². The van der Waals surface area contributed by atoms with Crippen LogP contribution < -0.4 is 0 Å². The summed E-state index contributed by atoms with van der Waals surface area (Å²) in [7, 11) is -3.34. The Bertz CT molecular complexity index is 489. The van der Waals surface area contributed by atoms with Crippen molar-refractivity contribution in [3.63, 3.8) is 0 Å². The van der Waals surface area contributed by atoms with E-state index in [4.69, 9.17) is 0 Å². The molecule has 0 aromatic heterocycles. The van der Waals surface area contributed by atoms with Crippen molar-refractivity contribution in [2.75, 3.05) is 39.3 Å². The van der Waals surface area contributed by atoms with Crippen LogP contribution in [0.1, 0.15) is 52.4 Å². The largest absolute Gasteiger partial charge is 0.341 e. The first-order chi connectivity index (χ1) is 11.0. The second kappa shape index (κ2) is 8.44. The molecule has 2 aliphatic rings. The molecule has 0 aromatic carbocycles. The van der Waals surface area contributed by atoms with Gasteiger partial charge in [0.1, 0.15) is 0 Å². The Labute approximate surface area is 141 Å². The van der Waals surface area contributed by atoms with E-state index >= 15 is 0 Å². The quantitative estimate of drug-likeness (QED) is 0.736. The highest BCUT2D eigenvalue weighted by Gasteiger charge is 2.33. The fourth-order valence-electron chi connectivity index (χ4n) is 3.37. The van der Waals surface area contributed by atoms with E-state index in [1.165, 1.54) is 0 Å². The molecule has 1 amide bonds. The maximum Gasteiger partial charge on any atom is 0.282 e. The minimum atomic E-state index is -3.34. The Morgan fingerprint density at radius 3 is 2.22 bits per heavy atom. The van der Waals surface area contributed by atoms with Crippen LogP contribution in [0.25, 0.3) is 0 Å². The summed E-state index contributed by atoms with van der Waals surface area (Å²) in [5.41, 5.74) is 0. The van der Waals surface area contributed by atoms with Crippen LogP contribution in [0, 0.1) is 5.92 Å².